The monoisotopic (exact) mass is 498 g/mol. The van der Waals surface area contributed by atoms with E-state index in [0.717, 1.165) is 23.5 Å². The second-order valence-corrected chi connectivity index (χ2v) is 7.62. The third-order valence-corrected chi connectivity index (χ3v) is 6.00. The summed E-state index contributed by atoms with van der Waals surface area (Å²) in [4.78, 5) is 31.0. The molecule has 1 aromatic rings. The molecule has 4 atom stereocenters. The van der Waals surface area contributed by atoms with Gasteiger partial charge in [0.1, 0.15) is 11.5 Å². The average Bonchev–Trinajstić information content (AvgIpc) is 3.38. The molecular weight excluding hydrogens is 471 g/mol. The molecule has 1 aromatic heterocycles. The Bertz CT molecular complexity index is 801. The van der Waals surface area contributed by atoms with Crippen LogP contribution < -0.4 is 10.6 Å². The van der Waals surface area contributed by atoms with E-state index >= 15 is 0 Å². The third-order valence-electron chi connectivity index (χ3n) is 6.00. The first kappa shape index (κ1) is 20.9. The number of hydrogen-bond donors (Lipinski definition) is 2. The maximum atomic E-state index is 12.7. The van der Waals surface area contributed by atoms with E-state index in [1.54, 1.807) is 7.05 Å². The van der Waals surface area contributed by atoms with Gasteiger partial charge < -0.3 is 15.1 Å². The second-order valence-electron chi connectivity index (χ2n) is 7.62. The average molecular weight is 498 g/mol. The smallest absolute Gasteiger partial charge is 0.233 e. The first-order chi connectivity index (χ1) is 13.0. The van der Waals surface area contributed by atoms with Crippen LogP contribution in [0.15, 0.2) is 27.6 Å². The van der Waals surface area contributed by atoms with E-state index in [9.17, 15) is 9.59 Å². The summed E-state index contributed by atoms with van der Waals surface area (Å²) in [5.41, 5.74) is 1.08. The number of aryl methyl sites for hydroxylation is 2. The summed E-state index contributed by atoms with van der Waals surface area (Å²) in [7, 11) is 1.70. The number of imide groups is 1. The second kappa shape index (κ2) is 8.26. The summed E-state index contributed by atoms with van der Waals surface area (Å²) in [5, 5.41) is 6.42. The number of carbonyl (C=O) groups is 2. The van der Waals surface area contributed by atoms with E-state index in [1.165, 1.54) is 4.90 Å². The van der Waals surface area contributed by atoms with Crippen molar-refractivity contribution >= 4 is 41.8 Å². The molecule has 3 aliphatic rings. The van der Waals surface area contributed by atoms with Crippen molar-refractivity contribution in [2.75, 3.05) is 20.1 Å². The van der Waals surface area contributed by atoms with Crippen LogP contribution in [0.5, 0.6) is 0 Å². The van der Waals surface area contributed by atoms with Crippen LogP contribution in [-0.4, -0.2) is 42.8 Å². The molecule has 0 radical (unpaired) electrons. The van der Waals surface area contributed by atoms with Gasteiger partial charge in [0.2, 0.25) is 11.8 Å². The molecule has 2 N–H and O–H groups in total. The van der Waals surface area contributed by atoms with Crippen LogP contribution in [0.25, 0.3) is 0 Å². The first-order valence-corrected chi connectivity index (χ1v) is 9.53. The fourth-order valence-corrected chi connectivity index (χ4v) is 4.73. The van der Waals surface area contributed by atoms with Crippen molar-refractivity contribution in [3.8, 4) is 0 Å². The van der Waals surface area contributed by atoms with Crippen molar-refractivity contribution in [2.45, 2.75) is 26.8 Å². The predicted molar refractivity (Wildman–Crippen MR) is 116 cm³/mol. The quantitative estimate of drug-likeness (QED) is 0.213. The lowest BCUT2D eigenvalue weighted by molar-refractivity contribution is -0.140. The van der Waals surface area contributed by atoms with E-state index in [1.807, 2.05) is 19.9 Å². The number of amides is 2. The van der Waals surface area contributed by atoms with Gasteiger partial charge in [-0.1, -0.05) is 12.2 Å². The minimum atomic E-state index is -0.128. The Hall–Kier alpha value is -1.84. The number of furan rings is 1. The molecule has 2 bridgehead atoms. The van der Waals surface area contributed by atoms with Gasteiger partial charge in [-0.25, -0.2) is 0 Å². The molecule has 1 saturated heterocycles. The van der Waals surface area contributed by atoms with Crippen molar-refractivity contribution in [1.82, 2.24) is 15.5 Å². The number of guanidine groups is 1. The van der Waals surface area contributed by atoms with Crippen LogP contribution in [0.3, 0.4) is 0 Å². The number of hydrogen-bond acceptors (Lipinski definition) is 4. The van der Waals surface area contributed by atoms with Crippen LogP contribution in [0, 0.1) is 37.5 Å². The molecule has 2 aliphatic carbocycles. The molecule has 152 valence electrons. The largest absolute Gasteiger partial charge is 0.466 e. The first-order valence-electron chi connectivity index (χ1n) is 9.53. The zero-order chi connectivity index (χ0) is 19.1. The molecule has 1 aliphatic heterocycles. The van der Waals surface area contributed by atoms with Gasteiger partial charge in [-0.2, -0.15) is 0 Å². The summed E-state index contributed by atoms with van der Waals surface area (Å²) < 4.78 is 5.52. The third kappa shape index (κ3) is 3.58. The number of aliphatic imine (C=N–C) groups is 1. The molecule has 8 heteroatoms. The number of likely N-dealkylation sites (tertiary alicyclic amines) is 1. The highest BCUT2D eigenvalue weighted by atomic mass is 127. The summed E-state index contributed by atoms with van der Waals surface area (Å²) in [6.07, 6.45) is 5.19. The minimum Gasteiger partial charge on any atom is -0.466 e. The van der Waals surface area contributed by atoms with E-state index in [2.05, 4.69) is 27.8 Å². The zero-order valence-corrected chi connectivity index (χ0v) is 18.7. The van der Waals surface area contributed by atoms with Crippen LogP contribution in [0.1, 0.15) is 23.5 Å². The van der Waals surface area contributed by atoms with Gasteiger partial charge in [0.05, 0.1) is 11.8 Å². The Morgan fingerprint density at radius 1 is 1.18 bits per heavy atom. The topological polar surface area (TPSA) is 86.9 Å². The maximum absolute atomic E-state index is 12.7. The van der Waals surface area contributed by atoms with Crippen LogP contribution in [0.4, 0.5) is 0 Å². The van der Waals surface area contributed by atoms with Crippen molar-refractivity contribution in [2.24, 2.45) is 28.7 Å². The minimum absolute atomic E-state index is 0. The normalized spacial score (nSPS) is 28.0. The van der Waals surface area contributed by atoms with Crippen molar-refractivity contribution in [1.29, 1.82) is 0 Å². The Morgan fingerprint density at radius 2 is 1.82 bits per heavy atom. The highest BCUT2D eigenvalue weighted by Gasteiger charge is 2.58. The fourth-order valence-electron chi connectivity index (χ4n) is 4.73. The molecule has 2 amide bonds. The number of fused-ring (bicyclic) bond motifs is 5. The number of carbonyl (C=O) groups excluding carboxylic acids is 2. The van der Waals surface area contributed by atoms with Crippen LogP contribution in [-0.2, 0) is 16.1 Å². The Labute approximate surface area is 182 Å². The molecule has 4 unspecified atom stereocenters. The van der Waals surface area contributed by atoms with Crippen molar-refractivity contribution < 1.29 is 14.0 Å². The summed E-state index contributed by atoms with van der Waals surface area (Å²) in [6.45, 7) is 5.30. The number of halogens is 1. The van der Waals surface area contributed by atoms with Gasteiger partial charge in [-0.15, -0.1) is 24.0 Å². The molecule has 28 heavy (non-hydrogen) atoms. The molecule has 2 heterocycles. The highest BCUT2D eigenvalue weighted by Crippen LogP contribution is 2.52. The van der Waals surface area contributed by atoms with Gasteiger partial charge in [0.25, 0.3) is 0 Å². The predicted octanol–water partition coefficient (Wildman–Crippen LogP) is 1.99. The number of nitrogens with one attached hydrogen (secondary N) is 2. The van der Waals surface area contributed by atoms with E-state index < -0.39 is 0 Å². The lowest BCUT2D eigenvalue weighted by Gasteiger charge is -2.18. The number of rotatable bonds is 5. The standard InChI is InChI=1S/C20H26N4O3.HI/c1-11-8-15(12(2)27-11)10-23-20(21-3)22-6-7-24-18(25)16-13-4-5-14(9-13)17(16)19(24)26;/h4-5,8,13-14,16-17H,6-7,9-10H2,1-3H3,(H2,21,22,23);1H. The number of nitrogens with zero attached hydrogens (tertiary/aromatic N) is 2. The van der Waals surface area contributed by atoms with Crippen LogP contribution >= 0.6 is 24.0 Å². The van der Waals surface area contributed by atoms with Crippen LogP contribution in [0.2, 0.25) is 0 Å². The molecule has 7 nitrogen and oxygen atoms in total. The molecule has 2 fully saturated rings. The van der Waals surface area contributed by atoms with Gasteiger partial charge in [0.15, 0.2) is 5.96 Å². The fraction of sp³-hybridized carbons (Fsp3) is 0.550. The van der Waals surface area contributed by atoms with E-state index in [4.69, 9.17) is 4.42 Å². The van der Waals surface area contributed by atoms with Gasteiger partial charge >= 0.3 is 0 Å². The van der Waals surface area contributed by atoms with Gasteiger partial charge in [-0.3, -0.25) is 19.5 Å². The van der Waals surface area contributed by atoms with E-state index in [0.29, 0.717) is 25.6 Å². The summed E-state index contributed by atoms with van der Waals surface area (Å²) in [5.74, 6) is 2.65. The Balaban J connectivity index is 0.00000225. The van der Waals surface area contributed by atoms with E-state index in [-0.39, 0.29) is 59.5 Å². The Kier molecular flexibility index (Phi) is 6.16. The molecular formula is C20H27IN4O3. The number of allylic oxidation sites excluding steroid dienone is 2. The lowest BCUT2D eigenvalue weighted by Crippen LogP contribution is -2.43. The summed E-state index contributed by atoms with van der Waals surface area (Å²) in [6, 6.07) is 2.00. The van der Waals surface area contributed by atoms with Crippen molar-refractivity contribution in [3.63, 3.8) is 0 Å². The molecule has 1 saturated carbocycles. The molecule has 0 aromatic carbocycles. The Morgan fingerprint density at radius 3 is 2.36 bits per heavy atom. The molecule has 4 rings (SSSR count). The lowest BCUT2D eigenvalue weighted by atomic mass is 9.85. The SMILES string of the molecule is CN=C(NCCN1C(=O)C2C3C=CC(C3)C2C1=O)NCc1cc(C)oc1C.I. The highest BCUT2D eigenvalue weighted by molar-refractivity contribution is 14.0. The zero-order valence-electron chi connectivity index (χ0n) is 16.4. The molecule has 0 spiro atoms. The summed E-state index contributed by atoms with van der Waals surface area (Å²) >= 11 is 0. The van der Waals surface area contributed by atoms with Gasteiger partial charge in [-0.05, 0) is 38.2 Å². The van der Waals surface area contributed by atoms with Gasteiger partial charge in [0, 0.05) is 32.2 Å². The maximum Gasteiger partial charge on any atom is 0.233 e. The van der Waals surface area contributed by atoms with Crippen molar-refractivity contribution in [3.05, 3.63) is 35.3 Å².